The van der Waals surface area contributed by atoms with Crippen LogP contribution in [-0.2, 0) is 21.5 Å². The van der Waals surface area contributed by atoms with Gasteiger partial charge in [-0.1, -0.05) is 6.07 Å². The number of esters is 1. The fourth-order valence-electron chi connectivity index (χ4n) is 5.01. The summed E-state index contributed by atoms with van der Waals surface area (Å²) in [6, 6.07) is 7.41. The Hall–Kier alpha value is -2.97. The standard InChI is InChI=1S/C21H19NO7/c1-10(23)29-20-17-12(2-3-14-18(17)28-9-25-14)19(24)21(20)13-7-16-15(26-8-27-16)6-11(13)4-5-22-21/h2-3,6-7,19-20,22,24H,4-5,8-9H2,1H3. The summed E-state index contributed by atoms with van der Waals surface area (Å²) in [6.07, 6.45) is -1.00. The molecule has 2 aromatic carbocycles. The average Bonchev–Trinajstić information content (AvgIpc) is 3.41. The Morgan fingerprint density at radius 3 is 2.72 bits per heavy atom. The number of carbonyl (C=O) groups excluding carboxylic acids is 1. The van der Waals surface area contributed by atoms with Gasteiger partial charge in [-0.15, -0.1) is 0 Å². The number of carbonyl (C=O) groups is 1. The highest BCUT2D eigenvalue weighted by atomic mass is 16.7. The minimum atomic E-state index is -1.07. The van der Waals surface area contributed by atoms with Crippen LogP contribution in [-0.4, -0.2) is 31.2 Å². The molecule has 4 aliphatic rings. The molecule has 0 aromatic heterocycles. The molecular formula is C21H19NO7. The van der Waals surface area contributed by atoms with Gasteiger partial charge in [0.15, 0.2) is 29.1 Å². The van der Waals surface area contributed by atoms with E-state index in [-0.39, 0.29) is 13.6 Å². The molecule has 6 rings (SSSR count). The van der Waals surface area contributed by atoms with Crippen molar-refractivity contribution in [3.05, 3.63) is 46.5 Å². The summed E-state index contributed by atoms with van der Waals surface area (Å²) in [7, 11) is 0. The van der Waals surface area contributed by atoms with Crippen LogP contribution in [0.15, 0.2) is 24.3 Å². The Kier molecular flexibility index (Phi) is 3.37. The van der Waals surface area contributed by atoms with Gasteiger partial charge in [0.25, 0.3) is 0 Å². The van der Waals surface area contributed by atoms with Crippen molar-refractivity contribution in [1.29, 1.82) is 0 Å². The molecule has 3 aliphatic heterocycles. The van der Waals surface area contributed by atoms with Gasteiger partial charge in [-0.3, -0.25) is 4.79 Å². The molecule has 1 spiro atoms. The minimum absolute atomic E-state index is 0.0877. The van der Waals surface area contributed by atoms with Crippen molar-refractivity contribution in [3.8, 4) is 23.0 Å². The zero-order valence-corrected chi connectivity index (χ0v) is 15.7. The first-order valence-electron chi connectivity index (χ1n) is 9.55. The minimum Gasteiger partial charge on any atom is -0.455 e. The zero-order valence-electron chi connectivity index (χ0n) is 15.7. The topological polar surface area (TPSA) is 95.5 Å². The van der Waals surface area contributed by atoms with Crippen molar-refractivity contribution in [1.82, 2.24) is 5.32 Å². The highest BCUT2D eigenvalue weighted by Crippen LogP contribution is 2.61. The van der Waals surface area contributed by atoms with Crippen molar-refractivity contribution in [2.24, 2.45) is 0 Å². The SMILES string of the molecule is CC(=O)OC1c2c(ccc3c2OCO3)C(O)C12NCCc1cc3c(cc12)OCO3. The Balaban J connectivity index is 1.61. The summed E-state index contributed by atoms with van der Waals surface area (Å²) in [5.41, 5.74) is 2.07. The van der Waals surface area contributed by atoms with Crippen LogP contribution in [0.1, 0.15) is 41.4 Å². The van der Waals surface area contributed by atoms with Crippen LogP contribution in [0.5, 0.6) is 23.0 Å². The van der Waals surface area contributed by atoms with Gasteiger partial charge in [0.2, 0.25) is 13.6 Å². The van der Waals surface area contributed by atoms with Gasteiger partial charge < -0.3 is 34.1 Å². The number of benzene rings is 2. The third-order valence-electron chi connectivity index (χ3n) is 6.15. The summed E-state index contributed by atoms with van der Waals surface area (Å²) in [4.78, 5) is 12.1. The maximum atomic E-state index is 12.1. The fourth-order valence-corrected chi connectivity index (χ4v) is 5.01. The molecule has 0 radical (unpaired) electrons. The first-order chi connectivity index (χ1) is 14.1. The van der Waals surface area contributed by atoms with E-state index in [4.69, 9.17) is 23.7 Å². The molecule has 8 heteroatoms. The Morgan fingerprint density at radius 2 is 1.90 bits per heavy atom. The van der Waals surface area contributed by atoms with Gasteiger partial charge in [0, 0.05) is 19.0 Å². The van der Waals surface area contributed by atoms with Crippen LogP contribution in [0.3, 0.4) is 0 Å². The summed E-state index contributed by atoms with van der Waals surface area (Å²) in [5, 5.41) is 15.0. The van der Waals surface area contributed by atoms with Crippen molar-refractivity contribution >= 4 is 5.97 Å². The van der Waals surface area contributed by atoms with Crippen LogP contribution in [0.4, 0.5) is 0 Å². The summed E-state index contributed by atoms with van der Waals surface area (Å²) in [6.45, 7) is 2.22. The Morgan fingerprint density at radius 1 is 1.14 bits per heavy atom. The lowest BCUT2D eigenvalue weighted by Gasteiger charge is -2.43. The Labute approximate surface area is 166 Å². The lowest BCUT2D eigenvalue weighted by atomic mass is 9.76. The van der Waals surface area contributed by atoms with Crippen LogP contribution in [0.2, 0.25) is 0 Å². The molecular weight excluding hydrogens is 378 g/mol. The van der Waals surface area contributed by atoms with E-state index < -0.39 is 23.7 Å². The highest BCUT2D eigenvalue weighted by Gasteiger charge is 2.60. The predicted molar refractivity (Wildman–Crippen MR) is 98.0 cm³/mol. The first-order valence-corrected chi connectivity index (χ1v) is 9.55. The molecule has 150 valence electrons. The van der Waals surface area contributed by atoms with E-state index >= 15 is 0 Å². The molecule has 2 aromatic rings. The van der Waals surface area contributed by atoms with Gasteiger partial charge in [-0.2, -0.15) is 0 Å². The number of rotatable bonds is 1. The number of nitrogens with one attached hydrogen (secondary N) is 1. The molecule has 3 heterocycles. The molecule has 29 heavy (non-hydrogen) atoms. The Bertz CT molecular complexity index is 1050. The lowest BCUT2D eigenvalue weighted by molar-refractivity contribution is -0.154. The van der Waals surface area contributed by atoms with E-state index in [1.807, 2.05) is 18.2 Å². The number of hydrogen-bond donors (Lipinski definition) is 2. The molecule has 0 bridgehead atoms. The van der Waals surface area contributed by atoms with E-state index in [2.05, 4.69) is 5.32 Å². The quantitative estimate of drug-likeness (QED) is 0.704. The molecule has 2 N–H and O–H groups in total. The zero-order chi connectivity index (χ0) is 19.8. The second kappa shape index (κ2) is 5.77. The third kappa shape index (κ3) is 2.13. The smallest absolute Gasteiger partial charge is 0.303 e. The van der Waals surface area contributed by atoms with E-state index in [1.54, 1.807) is 6.07 Å². The molecule has 1 aliphatic carbocycles. The normalized spacial score (nSPS) is 27.7. The van der Waals surface area contributed by atoms with Crippen LogP contribution in [0.25, 0.3) is 0 Å². The molecule has 0 saturated carbocycles. The largest absolute Gasteiger partial charge is 0.455 e. The fraction of sp³-hybridized carbons (Fsp3) is 0.381. The van der Waals surface area contributed by atoms with Crippen molar-refractivity contribution in [2.45, 2.75) is 31.1 Å². The van der Waals surface area contributed by atoms with Gasteiger partial charge in [-0.05, 0) is 41.3 Å². The van der Waals surface area contributed by atoms with Crippen LogP contribution < -0.4 is 24.3 Å². The number of fused-ring (bicyclic) bond motifs is 6. The summed E-state index contributed by atoms with van der Waals surface area (Å²) < 4.78 is 28.2. The third-order valence-corrected chi connectivity index (χ3v) is 6.15. The monoisotopic (exact) mass is 397 g/mol. The predicted octanol–water partition coefficient (Wildman–Crippen LogP) is 1.84. The van der Waals surface area contributed by atoms with Crippen LogP contribution in [0, 0.1) is 0 Å². The molecule has 3 atom stereocenters. The number of hydrogen-bond acceptors (Lipinski definition) is 8. The van der Waals surface area contributed by atoms with Crippen molar-refractivity contribution in [2.75, 3.05) is 20.1 Å². The molecule has 8 nitrogen and oxygen atoms in total. The van der Waals surface area contributed by atoms with Gasteiger partial charge in [-0.25, -0.2) is 0 Å². The first kappa shape index (κ1) is 16.9. The number of aliphatic hydroxyl groups excluding tert-OH is 1. The maximum absolute atomic E-state index is 12.1. The second-order valence-electron chi connectivity index (χ2n) is 7.60. The second-order valence-corrected chi connectivity index (χ2v) is 7.60. The molecule has 0 saturated heterocycles. The van der Waals surface area contributed by atoms with Gasteiger partial charge in [0.05, 0.1) is 0 Å². The van der Waals surface area contributed by atoms with E-state index in [0.717, 1.165) is 17.5 Å². The molecule has 0 amide bonds. The number of ether oxygens (including phenoxy) is 5. The van der Waals surface area contributed by atoms with E-state index in [0.29, 0.717) is 40.7 Å². The van der Waals surface area contributed by atoms with Crippen LogP contribution >= 0.6 is 0 Å². The van der Waals surface area contributed by atoms with E-state index in [1.165, 1.54) is 6.92 Å². The summed E-state index contributed by atoms with van der Waals surface area (Å²) >= 11 is 0. The molecule has 0 fully saturated rings. The highest BCUT2D eigenvalue weighted by molar-refractivity contribution is 5.69. The van der Waals surface area contributed by atoms with Gasteiger partial charge >= 0.3 is 5.97 Å². The maximum Gasteiger partial charge on any atom is 0.303 e. The molecule has 3 unspecified atom stereocenters. The van der Waals surface area contributed by atoms with Gasteiger partial charge in [0.1, 0.15) is 11.6 Å². The van der Waals surface area contributed by atoms with E-state index in [9.17, 15) is 9.90 Å². The number of aliphatic hydroxyl groups is 1. The van der Waals surface area contributed by atoms with Crippen molar-refractivity contribution < 1.29 is 33.6 Å². The average molecular weight is 397 g/mol. The summed E-state index contributed by atoms with van der Waals surface area (Å²) in [5.74, 6) is 1.95. The lowest BCUT2D eigenvalue weighted by Crippen LogP contribution is -2.53. The van der Waals surface area contributed by atoms with Crippen molar-refractivity contribution in [3.63, 3.8) is 0 Å².